The Morgan fingerprint density at radius 3 is 2.74 bits per heavy atom. The molecule has 1 aliphatic heterocycles. The molecule has 0 saturated carbocycles. The fraction of sp³-hybridized carbons (Fsp3) is 0.444. The van der Waals surface area contributed by atoms with Gasteiger partial charge in [-0.1, -0.05) is 18.2 Å². The SMILES string of the molecule is O=C(CCCOc1ccccc1)N1CCC(c2ncc[nH]2)CC1. The zero-order valence-corrected chi connectivity index (χ0v) is 13.3. The number of carbonyl (C=O) groups excluding carboxylic acids is 1. The van der Waals surface area contributed by atoms with Crippen LogP contribution in [0.3, 0.4) is 0 Å². The summed E-state index contributed by atoms with van der Waals surface area (Å²) in [4.78, 5) is 21.7. The van der Waals surface area contributed by atoms with Crippen molar-refractivity contribution in [1.29, 1.82) is 0 Å². The molecule has 0 radical (unpaired) electrons. The number of likely N-dealkylation sites (tertiary alicyclic amines) is 1. The Morgan fingerprint density at radius 2 is 2.04 bits per heavy atom. The van der Waals surface area contributed by atoms with Crippen molar-refractivity contribution in [3.63, 3.8) is 0 Å². The van der Waals surface area contributed by atoms with E-state index in [0.717, 1.165) is 43.9 Å². The molecular formula is C18H23N3O2. The topological polar surface area (TPSA) is 58.2 Å². The van der Waals surface area contributed by atoms with E-state index in [4.69, 9.17) is 4.74 Å². The molecule has 2 heterocycles. The van der Waals surface area contributed by atoms with E-state index in [-0.39, 0.29) is 5.91 Å². The van der Waals surface area contributed by atoms with E-state index in [9.17, 15) is 4.79 Å². The molecule has 0 bridgehead atoms. The summed E-state index contributed by atoms with van der Waals surface area (Å²) in [5.74, 6) is 2.60. The third kappa shape index (κ3) is 4.34. The van der Waals surface area contributed by atoms with Crippen LogP contribution in [0, 0.1) is 0 Å². The molecule has 1 aromatic heterocycles. The molecule has 5 heteroatoms. The van der Waals surface area contributed by atoms with Gasteiger partial charge in [0.2, 0.25) is 5.91 Å². The first-order valence-corrected chi connectivity index (χ1v) is 8.28. The molecule has 1 amide bonds. The number of carbonyl (C=O) groups is 1. The van der Waals surface area contributed by atoms with E-state index in [1.165, 1.54) is 0 Å². The number of nitrogens with zero attached hydrogens (tertiary/aromatic N) is 2. The first-order chi connectivity index (χ1) is 11.3. The Morgan fingerprint density at radius 1 is 1.26 bits per heavy atom. The number of piperidine rings is 1. The van der Waals surface area contributed by atoms with Crippen molar-refractivity contribution in [3.05, 3.63) is 48.5 Å². The summed E-state index contributed by atoms with van der Waals surface area (Å²) in [6.45, 7) is 2.23. The molecule has 0 unspecified atom stereocenters. The lowest BCUT2D eigenvalue weighted by Crippen LogP contribution is -2.38. The van der Waals surface area contributed by atoms with Crippen LogP contribution in [0.5, 0.6) is 5.75 Å². The van der Waals surface area contributed by atoms with E-state index in [0.29, 0.717) is 18.9 Å². The van der Waals surface area contributed by atoms with Crippen LogP contribution < -0.4 is 4.74 Å². The monoisotopic (exact) mass is 313 g/mol. The lowest BCUT2D eigenvalue weighted by Gasteiger charge is -2.31. The molecule has 1 aliphatic rings. The minimum atomic E-state index is 0.236. The van der Waals surface area contributed by atoms with Gasteiger partial charge in [-0.25, -0.2) is 4.98 Å². The number of nitrogens with one attached hydrogen (secondary N) is 1. The van der Waals surface area contributed by atoms with Crippen molar-refractivity contribution in [2.24, 2.45) is 0 Å². The van der Waals surface area contributed by atoms with Gasteiger partial charge in [0.1, 0.15) is 11.6 Å². The van der Waals surface area contributed by atoms with E-state index in [2.05, 4.69) is 9.97 Å². The summed E-state index contributed by atoms with van der Waals surface area (Å²) in [6, 6.07) is 9.72. The number of hydrogen-bond acceptors (Lipinski definition) is 3. The number of H-pyrrole nitrogens is 1. The second-order valence-corrected chi connectivity index (χ2v) is 5.89. The lowest BCUT2D eigenvalue weighted by atomic mass is 9.96. The second kappa shape index (κ2) is 7.81. The highest BCUT2D eigenvalue weighted by Gasteiger charge is 2.24. The average Bonchev–Trinajstić information content (AvgIpc) is 3.14. The highest BCUT2D eigenvalue weighted by molar-refractivity contribution is 5.76. The zero-order valence-electron chi connectivity index (χ0n) is 13.3. The summed E-state index contributed by atoms with van der Waals surface area (Å²) >= 11 is 0. The molecule has 1 saturated heterocycles. The number of aromatic nitrogens is 2. The minimum Gasteiger partial charge on any atom is -0.494 e. The van der Waals surface area contributed by atoms with Crippen LogP contribution in [0.4, 0.5) is 0 Å². The van der Waals surface area contributed by atoms with Crippen LogP contribution in [0.15, 0.2) is 42.7 Å². The third-order valence-electron chi connectivity index (χ3n) is 4.30. The maximum absolute atomic E-state index is 12.2. The maximum atomic E-state index is 12.2. The molecule has 0 aliphatic carbocycles. The molecule has 122 valence electrons. The van der Waals surface area contributed by atoms with Crippen LogP contribution >= 0.6 is 0 Å². The van der Waals surface area contributed by atoms with Crippen molar-refractivity contribution in [3.8, 4) is 5.75 Å². The first kappa shape index (κ1) is 15.6. The summed E-state index contributed by atoms with van der Waals surface area (Å²) in [5, 5.41) is 0. The van der Waals surface area contributed by atoms with Gasteiger partial charge in [-0.3, -0.25) is 4.79 Å². The number of hydrogen-bond donors (Lipinski definition) is 1. The summed E-state index contributed by atoms with van der Waals surface area (Å²) < 4.78 is 5.63. The van der Waals surface area contributed by atoms with Gasteiger partial charge in [0.25, 0.3) is 0 Å². The number of amides is 1. The fourth-order valence-corrected chi connectivity index (χ4v) is 2.99. The van der Waals surface area contributed by atoms with Gasteiger partial charge < -0.3 is 14.6 Å². The predicted molar refractivity (Wildman–Crippen MR) is 88.3 cm³/mol. The highest BCUT2D eigenvalue weighted by atomic mass is 16.5. The molecule has 0 spiro atoms. The number of rotatable bonds is 6. The van der Waals surface area contributed by atoms with Crippen LogP contribution in [0.1, 0.15) is 37.4 Å². The van der Waals surface area contributed by atoms with E-state index >= 15 is 0 Å². The van der Waals surface area contributed by atoms with Crippen molar-refractivity contribution < 1.29 is 9.53 Å². The predicted octanol–water partition coefficient (Wildman–Crippen LogP) is 2.97. The van der Waals surface area contributed by atoms with Crippen molar-refractivity contribution in [2.75, 3.05) is 19.7 Å². The Bertz CT molecular complexity index is 590. The van der Waals surface area contributed by atoms with Gasteiger partial charge >= 0.3 is 0 Å². The van der Waals surface area contributed by atoms with Crippen molar-refractivity contribution in [1.82, 2.24) is 14.9 Å². The molecule has 23 heavy (non-hydrogen) atoms. The number of para-hydroxylation sites is 1. The number of aromatic amines is 1. The third-order valence-corrected chi connectivity index (χ3v) is 4.30. The molecule has 3 rings (SSSR count). The molecule has 5 nitrogen and oxygen atoms in total. The number of imidazole rings is 1. The first-order valence-electron chi connectivity index (χ1n) is 8.28. The Hall–Kier alpha value is -2.30. The highest BCUT2D eigenvalue weighted by Crippen LogP contribution is 2.25. The smallest absolute Gasteiger partial charge is 0.222 e. The molecule has 1 N–H and O–H groups in total. The summed E-state index contributed by atoms with van der Waals surface area (Å²) in [7, 11) is 0. The largest absolute Gasteiger partial charge is 0.494 e. The van der Waals surface area contributed by atoms with Gasteiger partial charge in [-0.05, 0) is 31.4 Å². The van der Waals surface area contributed by atoms with Gasteiger partial charge in [0, 0.05) is 37.8 Å². The van der Waals surface area contributed by atoms with Gasteiger partial charge in [0.15, 0.2) is 0 Å². The second-order valence-electron chi connectivity index (χ2n) is 5.89. The van der Waals surface area contributed by atoms with Gasteiger partial charge in [-0.15, -0.1) is 0 Å². The minimum absolute atomic E-state index is 0.236. The fourth-order valence-electron chi connectivity index (χ4n) is 2.99. The van der Waals surface area contributed by atoms with Crippen molar-refractivity contribution >= 4 is 5.91 Å². The van der Waals surface area contributed by atoms with Crippen molar-refractivity contribution in [2.45, 2.75) is 31.6 Å². The van der Waals surface area contributed by atoms with Crippen LogP contribution in [0.2, 0.25) is 0 Å². The number of ether oxygens (including phenoxy) is 1. The van der Waals surface area contributed by atoms with Gasteiger partial charge in [-0.2, -0.15) is 0 Å². The molecular weight excluding hydrogens is 290 g/mol. The molecule has 1 aromatic carbocycles. The zero-order chi connectivity index (χ0) is 15.9. The molecule has 1 fully saturated rings. The maximum Gasteiger partial charge on any atom is 0.222 e. The van der Waals surface area contributed by atoms with Gasteiger partial charge in [0.05, 0.1) is 6.61 Å². The average molecular weight is 313 g/mol. The summed E-state index contributed by atoms with van der Waals surface area (Å²) in [5.41, 5.74) is 0. The van der Waals surface area contributed by atoms with Crippen LogP contribution in [-0.2, 0) is 4.79 Å². The normalized spacial score (nSPS) is 15.6. The molecule has 2 aromatic rings. The Kier molecular flexibility index (Phi) is 5.29. The lowest BCUT2D eigenvalue weighted by molar-refractivity contribution is -0.132. The number of benzene rings is 1. The van der Waals surface area contributed by atoms with Crippen LogP contribution in [0.25, 0.3) is 0 Å². The Balaban J connectivity index is 1.35. The standard InChI is InChI=1S/C18H23N3O2/c22-17(7-4-14-23-16-5-2-1-3-6-16)21-12-8-15(9-13-21)18-19-10-11-20-18/h1-3,5-6,10-11,15H,4,7-9,12-14H2,(H,19,20). The van der Waals surface area contributed by atoms with Crippen LogP contribution in [-0.4, -0.2) is 40.5 Å². The quantitative estimate of drug-likeness (QED) is 0.834. The Labute approximate surface area is 136 Å². The van der Waals surface area contributed by atoms with E-state index < -0.39 is 0 Å². The van der Waals surface area contributed by atoms with E-state index in [1.54, 1.807) is 6.20 Å². The summed E-state index contributed by atoms with van der Waals surface area (Å²) in [6.07, 6.45) is 6.93. The van der Waals surface area contributed by atoms with E-state index in [1.807, 2.05) is 41.4 Å². The molecule has 0 atom stereocenters.